The first-order chi connectivity index (χ1) is 10.5. The van der Waals surface area contributed by atoms with Gasteiger partial charge in [0, 0.05) is 23.1 Å². The van der Waals surface area contributed by atoms with Crippen molar-refractivity contribution in [3.05, 3.63) is 52.2 Å². The van der Waals surface area contributed by atoms with Gasteiger partial charge in [0.05, 0.1) is 6.04 Å². The van der Waals surface area contributed by atoms with Crippen LogP contribution >= 0.6 is 11.3 Å². The molecule has 0 fully saturated rings. The van der Waals surface area contributed by atoms with Crippen LogP contribution in [0.4, 0.5) is 5.69 Å². The maximum absolute atomic E-state index is 12.5. The second kappa shape index (κ2) is 7.22. The van der Waals surface area contributed by atoms with Gasteiger partial charge >= 0.3 is 0 Å². The number of hydrogen-bond acceptors (Lipinski definition) is 3. The summed E-state index contributed by atoms with van der Waals surface area (Å²) in [6, 6.07) is 10.9. The van der Waals surface area contributed by atoms with Gasteiger partial charge in [-0.1, -0.05) is 26.0 Å². The van der Waals surface area contributed by atoms with Crippen LogP contribution in [0.2, 0.25) is 0 Å². The zero-order valence-corrected chi connectivity index (χ0v) is 13.7. The van der Waals surface area contributed by atoms with Gasteiger partial charge in [0.2, 0.25) is 5.91 Å². The van der Waals surface area contributed by atoms with E-state index in [9.17, 15) is 9.59 Å². The second-order valence-corrected chi connectivity index (χ2v) is 6.45. The van der Waals surface area contributed by atoms with Crippen molar-refractivity contribution >= 4 is 28.8 Å². The molecule has 0 bridgehead atoms. The molecule has 22 heavy (non-hydrogen) atoms. The Morgan fingerprint density at radius 1 is 1.14 bits per heavy atom. The summed E-state index contributed by atoms with van der Waals surface area (Å²) in [7, 11) is 0. The maximum atomic E-state index is 12.5. The zero-order chi connectivity index (χ0) is 16.1. The fraction of sp³-hybridized carbons (Fsp3) is 0.294. The Bertz CT molecular complexity index is 650. The number of carbonyl (C=O) groups is 2. The first-order valence-corrected chi connectivity index (χ1v) is 8.07. The normalized spacial score (nSPS) is 12.0. The molecule has 1 atom stereocenters. The van der Waals surface area contributed by atoms with E-state index in [0.29, 0.717) is 17.2 Å². The molecule has 2 rings (SSSR count). The summed E-state index contributed by atoms with van der Waals surface area (Å²) >= 11 is 1.64. The van der Waals surface area contributed by atoms with Crippen molar-refractivity contribution in [3.63, 3.8) is 0 Å². The standard InChI is InChI=1S/C17H20N2O2S/c1-11(2)16(15-8-5-9-22-15)19-17(21)13-6-4-7-14(10-13)18-12(3)20/h4-11,16H,1-3H3,(H,18,20)(H,19,21)/t16-/m0/s1. The highest BCUT2D eigenvalue weighted by atomic mass is 32.1. The number of thiophene rings is 1. The third kappa shape index (κ3) is 4.18. The highest BCUT2D eigenvalue weighted by Crippen LogP contribution is 2.26. The number of hydrogen-bond donors (Lipinski definition) is 2. The van der Waals surface area contributed by atoms with Crippen LogP contribution in [-0.2, 0) is 4.79 Å². The van der Waals surface area contributed by atoms with Crippen LogP contribution < -0.4 is 10.6 Å². The second-order valence-electron chi connectivity index (χ2n) is 5.47. The van der Waals surface area contributed by atoms with E-state index in [-0.39, 0.29) is 17.9 Å². The molecule has 2 aromatic rings. The first-order valence-electron chi connectivity index (χ1n) is 7.19. The van der Waals surface area contributed by atoms with Crippen molar-refractivity contribution in [2.75, 3.05) is 5.32 Å². The molecule has 0 aliphatic heterocycles. The van der Waals surface area contributed by atoms with E-state index >= 15 is 0 Å². The number of rotatable bonds is 5. The summed E-state index contributed by atoms with van der Waals surface area (Å²) in [5.74, 6) is -0.00312. The van der Waals surface area contributed by atoms with Crippen molar-refractivity contribution in [3.8, 4) is 0 Å². The fourth-order valence-electron chi connectivity index (χ4n) is 2.20. The third-order valence-corrected chi connectivity index (χ3v) is 4.20. The smallest absolute Gasteiger partial charge is 0.251 e. The van der Waals surface area contributed by atoms with Gasteiger partial charge in [-0.15, -0.1) is 11.3 Å². The molecular weight excluding hydrogens is 296 g/mol. The van der Waals surface area contributed by atoms with Crippen LogP contribution in [-0.4, -0.2) is 11.8 Å². The van der Waals surface area contributed by atoms with Gasteiger partial charge in [-0.2, -0.15) is 0 Å². The van der Waals surface area contributed by atoms with Crippen LogP contribution in [0.15, 0.2) is 41.8 Å². The summed E-state index contributed by atoms with van der Waals surface area (Å²) in [6.07, 6.45) is 0. The van der Waals surface area contributed by atoms with Gasteiger partial charge in [-0.3, -0.25) is 9.59 Å². The molecule has 1 aromatic carbocycles. The molecule has 4 nitrogen and oxygen atoms in total. The van der Waals surface area contributed by atoms with Crippen LogP contribution in [0.25, 0.3) is 0 Å². The van der Waals surface area contributed by atoms with Gasteiger partial charge in [0.1, 0.15) is 0 Å². The molecule has 0 unspecified atom stereocenters. The molecule has 0 aliphatic rings. The van der Waals surface area contributed by atoms with Gasteiger partial charge in [0.25, 0.3) is 5.91 Å². The molecular formula is C17H20N2O2S. The van der Waals surface area contributed by atoms with E-state index in [1.807, 2.05) is 17.5 Å². The van der Waals surface area contributed by atoms with Gasteiger partial charge in [-0.05, 0) is 35.6 Å². The minimum Gasteiger partial charge on any atom is -0.344 e. The summed E-state index contributed by atoms with van der Waals surface area (Å²) < 4.78 is 0. The summed E-state index contributed by atoms with van der Waals surface area (Å²) in [5, 5.41) is 7.77. The van der Waals surface area contributed by atoms with Crippen LogP contribution in [0.3, 0.4) is 0 Å². The number of amides is 2. The van der Waals surface area contributed by atoms with Crippen LogP contribution in [0.5, 0.6) is 0 Å². The number of carbonyl (C=O) groups excluding carboxylic acids is 2. The monoisotopic (exact) mass is 316 g/mol. The fourth-order valence-corrected chi connectivity index (χ4v) is 3.15. The highest BCUT2D eigenvalue weighted by molar-refractivity contribution is 7.10. The topological polar surface area (TPSA) is 58.2 Å². The zero-order valence-electron chi connectivity index (χ0n) is 12.9. The third-order valence-electron chi connectivity index (χ3n) is 3.25. The molecule has 0 spiro atoms. The molecule has 0 saturated carbocycles. The van der Waals surface area contributed by atoms with E-state index in [1.54, 1.807) is 35.6 Å². The molecule has 5 heteroatoms. The lowest BCUT2D eigenvalue weighted by molar-refractivity contribution is -0.114. The minimum atomic E-state index is -0.156. The van der Waals surface area contributed by atoms with Crippen LogP contribution in [0.1, 0.15) is 42.0 Å². The van der Waals surface area contributed by atoms with Gasteiger partial charge in [-0.25, -0.2) is 0 Å². The Labute approximate surface area is 134 Å². The number of nitrogens with one attached hydrogen (secondary N) is 2. The molecule has 116 valence electrons. The molecule has 1 aromatic heterocycles. The van der Waals surface area contributed by atoms with Crippen molar-refractivity contribution < 1.29 is 9.59 Å². The lowest BCUT2D eigenvalue weighted by atomic mass is 10.0. The Morgan fingerprint density at radius 2 is 1.91 bits per heavy atom. The van der Waals surface area contributed by atoms with Crippen molar-refractivity contribution in [1.29, 1.82) is 0 Å². The average Bonchev–Trinajstić information content (AvgIpc) is 2.97. The quantitative estimate of drug-likeness (QED) is 0.880. The van der Waals surface area contributed by atoms with E-state index < -0.39 is 0 Å². The van der Waals surface area contributed by atoms with Crippen molar-refractivity contribution in [2.24, 2.45) is 5.92 Å². The van der Waals surface area contributed by atoms with Gasteiger partial charge in [0.15, 0.2) is 0 Å². The van der Waals surface area contributed by atoms with E-state index in [1.165, 1.54) is 6.92 Å². The number of anilines is 1. The summed E-state index contributed by atoms with van der Waals surface area (Å²) in [4.78, 5) is 24.7. The number of benzene rings is 1. The van der Waals surface area contributed by atoms with Crippen molar-refractivity contribution in [1.82, 2.24) is 5.32 Å². The Hall–Kier alpha value is -2.14. The van der Waals surface area contributed by atoms with Gasteiger partial charge < -0.3 is 10.6 Å². The largest absolute Gasteiger partial charge is 0.344 e. The summed E-state index contributed by atoms with van der Waals surface area (Å²) in [6.45, 7) is 5.61. The lowest BCUT2D eigenvalue weighted by Gasteiger charge is -2.21. The van der Waals surface area contributed by atoms with Crippen molar-refractivity contribution in [2.45, 2.75) is 26.8 Å². The highest BCUT2D eigenvalue weighted by Gasteiger charge is 2.20. The predicted molar refractivity (Wildman–Crippen MR) is 90.1 cm³/mol. The average molecular weight is 316 g/mol. The molecule has 2 amide bonds. The molecule has 1 heterocycles. The molecule has 2 N–H and O–H groups in total. The lowest BCUT2D eigenvalue weighted by Crippen LogP contribution is -2.31. The Kier molecular flexibility index (Phi) is 5.33. The Balaban J connectivity index is 2.15. The van der Waals surface area contributed by atoms with E-state index in [2.05, 4.69) is 24.5 Å². The minimum absolute atomic E-state index is 0.0167. The maximum Gasteiger partial charge on any atom is 0.251 e. The van der Waals surface area contributed by atoms with E-state index in [4.69, 9.17) is 0 Å². The predicted octanol–water partition coefficient (Wildman–Crippen LogP) is 3.83. The first kappa shape index (κ1) is 16.2. The molecule has 0 radical (unpaired) electrons. The Morgan fingerprint density at radius 3 is 2.50 bits per heavy atom. The molecule has 0 aliphatic carbocycles. The summed E-state index contributed by atoms with van der Waals surface area (Å²) in [5.41, 5.74) is 1.16. The molecule has 0 saturated heterocycles. The van der Waals surface area contributed by atoms with E-state index in [0.717, 1.165) is 4.88 Å². The van der Waals surface area contributed by atoms with Crippen LogP contribution in [0, 0.1) is 5.92 Å². The SMILES string of the molecule is CC(=O)Nc1cccc(C(=O)N[C@H](c2cccs2)C(C)C)c1.